The zero-order chi connectivity index (χ0) is 14.1. The highest BCUT2D eigenvalue weighted by Crippen LogP contribution is 2.20. The summed E-state index contributed by atoms with van der Waals surface area (Å²) < 4.78 is 13.8. The first-order chi connectivity index (χ1) is 9.19. The average molecular weight is 284 g/mol. The van der Waals surface area contributed by atoms with Gasteiger partial charge in [0.25, 0.3) is 0 Å². The first-order valence-corrected chi connectivity index (χ1v) is 8.23. The Hall–Kier alpha value is -0.580. The third-order valence-electron chi connectivity index (χ3n) is 3.21. The van der Waals surface area contributed by atoms with Crippen molar-refractivity contribution in [2.24, 2.45) is 0 Å². The zero-order valence-electron chi connectivity index (χ0n) is 12.2. The van der Waals surface area contributed by atoms with Crippen molar-refractivity contribution in [2.45, 2.75) is 19.4 Å². The Morgan fingerprint density at radius 1 is 1.32 bits per heavy atom. The average Bonchev–Trinajstić information content (AvgIpc) is 2.42. The molecule has 2 nitrogen and oxygen atoms in total. The van der Waals surface area contributed by atoms with E-state index < -0.39 is 0 Å². The van der Waals surface area contributed by atoms with Crippen LogP contribution in [0.5, 0.6) is 0 Å². The minimum absolute atomic E-state index is 0.0999. The number of nitrogens with one attached hydrogen (secondary N) is 1. The van der Waals surface area contributed by atoms with E-state index in [-0.39, 0.29) is 11.9 Å². The van der Waals surface area contributed by atoms with E-state index in [1.807, 2.05) is 23.9 Å². The van der Waals surface area contributed by atoms with E-state index in [0.717, 1.165) is 37.4 Å². The molecule has 108 valence electrons. The molecular weight excluding hydrogens is 259 g/mol. The van der Waals surface area contributed by atoms with Gasteiger partial charge >= 0.3 is 0 Å². The summed E-state index contributed by atoms with van der Waals surface area (Å²) in [6.07, 6.45) is 3.05. The number of nitrogens with zero attached hydrogens (tertiary/aromatic N) is 1. The van der Waals surface area contributed by atoms with E-state index in [1.165, 1.54) is 6.07 Å². The Morgan fingerprint density at radius 2 is 2.05 bits per heavy atom. The van der Waals surface area contributed by atoms with Crippen LogP contribution in [0, 0.1) is 5.82 Å². The summed E-state index contributed by atoms with van der Waals surface area (Å²) in [5.41, 5.74) is 0.780. The van der Waals surface area contributed by atoms with Crippen molar-refractivity contribution in [3.63, 3.8) is 0 Å². The van der Waals surface area contributed by atoms with Gasteiger partial charge in [0, 0.05) is 23.9 Å². The molecule has 1 unspecified atom stereocenters. The predicted octanol–water partition coefficient (Wildman–Crippen LogP) is 3.16. The van der Waals surface area contributed by atoms with Gasteiger partial charge in [-0.25, -0.2) is 4.39 Å². The summed E-state index contributed by atoms with van der Waals surface area (Å²) in [6, 6.07) is 7.16. The number of hydrogen-bond acceptors (Lipinski definition) is 3. The molecule has 1 aromatic rings. The molecule has 0 bridgehead atoms. The molecule has 1 atom stereocenters. The number of benzene rings is 1. The predicted molar refractivity (Wildman–Crippen MR) is 83.3 cm³/mol. The van der Waals surface area contributed by atoms with Crippen molar-refractivity contribution in [1.29, 1.82) is 0 Å². The van der Waals surface area contributed by atoms with Crippen LogP contribution in [-0.2, 0) is 0 Å². The standard InChI is InChI=1S/C15H25FN2S/c1-4-17-15(9-10-18(2)11-12-19-3)13-7-5-6-8-14(13)16/h5-8,15,17H,4,9-12H2,1-3H3. The monoisotopic (exact) mass is 284 g/mol. The first kappa shape index (κ1) is 16.5. The molecule has 0 radical (unpaired) electrons. The lowest BCUT2D eigenvalue weighted by atomic mass is 10.0. The van der Waals surface area contributed by atoms with Crippen LogP contribution < -0.4 is 5.32 Å². The van der Waals surface area contributed by atoms with Crippen molar-refractivity contribution in [1.82, 2.24) is 10.2 Å². The van der Waals surface area contributed by atoms with Gasteiger partial charge in [0.05, 0.1) is 0 Å². The highest BCUT2D eigenvalue weighted by molar-refractivity contribution is 7.98. The van der Waals surface area contributed by atoms with Crippen molar-refractivity contribution >= 4 is 11.8 Å². The summed E-state index contributed by atoms with van der Waals surface area (Å²) >= 11 is 1.86. The fourth-order valence-electron chi connectivity index (χ4n) is 2.08. The first-order valence-electron chi connectivity index (χ1n) is 6.84. The molecule has 0 saturated heterocycles. The number of thioether (sulfide) groups is 1. The lowest BCUT2D eigenvalue weighted by Crippen LogP contribution is -2.29. The summed E-state index contributed by atoms with van der Waals surface area (Å²) in [5, 5.41) is 3.38. The lowest BCUT2D eigenvalue weighted by Gasteiger charge is -2.23. The molecule has 0 spiro atoms. The largest absolute Gasteiger partial charge is 0.310 e. The molecule has 0 aliphatic heterocycles. The van der Waals surface area contributed by atoms with Crippen LogP contribution in [0.3, 0.4) is 0 Å². The maximum absolute atomic E-state index is 13.8. The summed E-state index contributed by atoms with van der Waals surface area (Å²) in [4.78, 5) is 2.31. The van der Waals surface area contributed by atoms with E-state index in [1.54, 1.807) is 6.07 Å². The summed E-state index contributed by atoms with van der Waals surface area (Å²) in [5.74, 6) is 1.03. The topological polar surface area (TPSA) is 15.3 Å². The van der Waals surface area contributed by atoms with Crippen LogP contribution in [0.15, 0.2) is 24.3 Å². The molecule has 0 heterocycles. The zero-order valence-corrected chi connectivity index (χ0v) is 13.0. The summed E-state index contributed by atoms with van der Waals surface area (Å²) in [6.45, 7) is 4.97. The van der Waals surface area contributed by atoms with Crippen molar-refractivity contribution in [2.75, 3.05) is 38.7 Å². The fraction of sp³-hybridized carbons (Fsp3) is 0.600. The van der Waals surface area contributed by atoms with Crippen LogP contribution in [0.4, 0.5) is 4.39 Å². The minimum atomic E-state index is -0.111. The molecule has 0 aliphatic carbocycles. The van der Waals surface area contributed by atoms with Gasteiger partial charge in [-0.2, -0.15) is 11.8 Å². The Kier molecular flexibility index (Phi) is 8.10. The van der Waals surface area contributed by atoms with Crippen LogP contribution in [0.1, 0.15) is 24.9 Å². The Labute approximate surface area is 120 Å². The second-order valence-electron chi connectivity index (χ2n) is 4.72. The Balaban J connectivity index is 2.56. The van der Waals surface area contributed by atoms with Gasteiger partial charge in [-0.05, 0) is 38.9 Å². The maximum atomic E-state index is 13.8. The Morgan fingerprint density at radius 3 is 2.68 bits per heavy atom. The third kappa shape index (κ3) is 5.93. The molecule has 0 saturated carbocycles. The molecule has 0 fully saturated rings. The second kappa shape index (κ2) is 9.34. The van der Waals surface area contributed by atoms with Crippen LogP contribution in [0.25, 0.3) is 0 Å². The molecule has 1 rings (SSSR count). The number of rotatable bonds is 9. The second-order valence-corrected chi connectivity index (χ2v) is 5.70. The van der Waals surface area contributed by atoms with E-state index in [0.29, 0.717) is 0 Å². The van der Waals surface area contributed by atoms with Crippen molar-refractivity contribution in [3.8, 4) is 0 Å². The van der Waals surface area contributed by atoms with Crippen molar-refractivity contribution < 1.29 is 4.39 Å². The molecule has 4 heteroatoms. The van der Waals surface area contributed by atoms with Crippen LogP contribution >= 0.6 is 11.8 Å². The number of halogens is 1. The molecular formula is C15H25FN2S. The van der Waals surface area contributed by atoms with Gasteiger partial charge in [-0.15, -0.1) is 0 Å². The smallest absolute Gasteiger partial charge is 0.127 e. The van der Waals surface area contributed by atoms with Gasteiger partial charge < -0.3 is 10.2 Å². The van der Waals surface area contributed by atoms with E-state index in [4.69, 9.17) is 0 Å². The maximum Gasteiger partial charge on any atom is 0.127 e. The highest BCUT2D eigenvalue weighted by Gasteiger charge is 2.14. The van der Waals surface area contributed by atoms with Crippen LogP contribution in [-0.4, -0.2) is 43.6 Å². The van der Waals surface area contributed by atoms with Gasteiger partial charge in [0.1, 0.15) is 5.82 Å². The van der Waals surface area contributed by atoms with E-state index in [2.05, 4.69) is 30.4 Å². The molecule has 0 aromatic heterocycles. The molecule has 19 heavy (non-hydrogen) atoms. The highest BCUT2D eigenvalue weighted by atomic mass is 32.2. The minimum Gasteiger partial charge on any atom is -0.310 e. The molecule has 0 aliphatic rings. The van der Waals surface area contributed by atoms with Gasteiger partial charge in [0.15, 0.2) is 0 Å². The lowest BCUT2D eigenvalue weighted by molar-refractivity contribution is 0.322. The van der Waals surface area contributed by atoms with Gasteiger partial charge in [-0.1, -0.05) is 25.1 Å². The summed E-state index contributed by atoms with van der Waals surface area (Å²) in [7, 11) is 2.13. The Bertz CT molecular complexity index is 360. The van der Waals surface area contributed by atoms with Crippen molar-refractivity contribution in [3.05, 3.63) is 35.6 Å². The molecule has 1 N–H and O–H groups in total. The SMILES string of the molecule is CCNC(CCN(C)CCSC)c1ccccc1F. The van der Waals surface area contributed by atoms with Gasteiger partial charge in [-0.3, -0.25) is 0 Å². The van der Waals surface area contributed by atoms with Gasteiger partial charge in [0.2, 0.25) is 0 Å². The van der Waals surface area contributed by atoms with E-state index >= 15 is 0 Å². The molecule has 1 aromatic carbocycles. The fourth-order valence-corrected chi connectivity index (χ4v) is 2.57. The number of hydrogen-bond donors (Lipinski definition) is 1. The van der Waals surface area contributed by atoms with Crippen LogP contribution in [0.2, 0.25) is 0 Å². The van der Waals surface area contributed by atoms with E-state index in [9.17, 15) is 4.39 Å². The normalized spacial score (nSPS) is 12.9. The quantitative estimate of drug-likeness (QED) is 0.750. The third-order valence-corrected chi connectivity index (χ3v) is 3.80. The molecule has 0 amide bonds.